The first kappa shape index (κ1) is 30.1. The molecule has 0 saturated carbocycles. The number of nitrogens with one attached hydrogen (secondary N) is 5. The van der Waals surface area contributed by atoms with E-state index in [9.17, 15) is 24.3 Å². The molecule has 0 spiro atoms. The fourth-order valence-electron chi connectivity index (χ4n) is 4.84. The summed E-state index contributed by atoms with van der Waals surface area (Å²) >= 11 is 0. The number of fused-ring (bicyclic) bond motifs is 1. The van der Waals surface area contributed by atoms with Crippen LogP contribution in [0.3, 0.4) is 0 Å². The highest BCUT2D eigenvalue weighted by atomic mass is 16.3. The number of rotatable bonds is 9. The van der Waals surface area contributed by atoms with Crippen LogP contribution in [-0.2, 0) is 32.0 Å². The predicted octanol–water partition coefficient (Wildman–Crippen LogP) is -1.05. The topological polar surface area (TPSA) is 217 Å². The molecule has 1 aliphatic heterocycles. The van der Waals surface area contributed by atoms with Gasteiger partial charge in [0.15, 0.2) is 5.96 Å². The zero-order valence-electron chi connectivity index (χ0n) is 23.0. The number of amides is 4. The van der Waals surface area contributed by atoms with E-state index < -0.39 is 54.4 Å². The number of hydrogen-bond acceptors (Lipinski definition) is 6. The zero-order chi connectivity index (χ0) is 30.1. The number of guanidine groups is 1. The number of hydrogen-bond donors (Lipinski definition) is 8. The molecular formula is C29H36N8O5. The van der Waals surface area contributed by atoms with Gasteiger partial charge < -0.3 is 42.8 Å². The highest BCUT2D eigenvalue weighted by Gasteiger charge is 2.34. The van der Waals surface area contributed by atoms with Gasteiger partial charge in [-0.3, -0.25) is 24.2 Å². The van der Waals surface area contributed by atoms with Crippen molar-refractivity contribution in [3.63, 3.8) is 0 Å². The molecule has 4 amide bonds. The maximum absolute atomic E-state index is 13.7. The SMILES string of the molecule is NC(N)=NCCC[C@@H]1NC(=O)[C@H](Cc2c[nH]c3ccccc23)NC(=O)[C@H](Cc2ccccc2)NC(=O)[C@H](CO)NC1=O. The number of aromatic nitrogens is 1. The number of aliphatic hydroxyl groups excluding tert-OH is 1. The highest BCUT2D eigenvalue weighted by molar-refractivity contribution is 5.98. The lowest BCUT2D eigenvalue weighted by Gasteiger charge is -2.29. The molecular weight excluding hydrogens is 540 g/mol. The molecule has 1 fully saturated rings. The van der Waals surface area contributed by atoms with Gasteiger partial charge in [-0.1, -0.05) is 48.5 Å². The van der Waals surface area contributed by atoms with E-state index in [1.54, 1.807) is 6.20 Å². The van der Waals surface area contributed by atoms with Crippen molar-refractivity contribution in [2.24, 2.45) is 16.5 Å². The van der Waals surface area contributed by atoms with Crippen molar-refractivity contribution in [2.75, 3.05) is 13.2 Å². The molecule has 1 aromatic heterocycles. The van der Waals surface area contributed by atoms with Crippen LogP contribution in [0, 0.1) is 0 Å². The Balaban J connectivity index is 1.65. The molecule has 0 aliphatic carbocycles. The molecule has 3 aromatic rings. The molecule has 2 aromatic carbocycles. The molecule has 13 heteroatoms. The number of para-hydroxylation sites is 1. The normalized spacial score (nSPS) is 21.7. The van der Waals surface area contributed by atoms with Crippen LogP contribution in [0.2, 0.25) is 0 Å². The number of H-pyrrole nitrogens is 1. The summed E-state index contributed by atoms with van der Waals surface area (Å²) in [6.45, 7) is -0.502. The van der Waals surface area contributed by atoms with E-state index in [1.165, 1.54) is 0 Å². The van der Waals surface area contributed by atoms with Crippen molar-refractivity contribution in [2.45, 2.75) is 49.9 Å². The Hall–Kier alpha value is -4.91. The van der Waals surface area contributed by atoms with E-state index >= 15 is 0 Å². The van der Waals surface area contributed by atoms with Gasteiger partial charge in [-0.05, 0) is 30.0 Å². The Morgan fingerprint density at radius 2 is 1.31 bits per heavy atom. The predicted molar refractivity (Wildman–Crippen MR) is 157 cm³/mol. The van der Waals surface area contributed by atoms with E-state index in [4.69, 9.17) is 11.5 Å². The summed E-state index contributed by atoms with van der Waals surface area (Å²) in [4.78, 5) is 60.8. The van der Waals surface area contributed by atoms with Crippen LogP contribution in [0.15, 0.2) is 65.8 Å². The summed E-state index contributed by atoms with van der Waals surface area (Å²) in [5.41, 5.74) is 13.2. The average molecular weight is 577 g/mol. The Bertz CT molecular complexity index is 1440. The summed E-state index contributed by atoms with van der Waals surface area (Å²) in [7, 11) is 0. The van der Waals surface area contributed by atoms with Gasteiger partial charge in [-0.15, -0.1) is 0 Å². The first-order valence-electron chi connectivity index (χ1n) is 13.7. The maximum atomic E-state index is 13.7. The number of aliphatic imine (C=N–C) groups is 1. The smallest absolute Gasteiger partial charge is 0.245 e. The third-order valence-electron chi connectivity index (χ3n) is 7.04. The van der Waals surface area contributed by atoms with Crippen molar-refractivity contribution in [1.82, 2.24) is 26.3 Å². The Kier molecular flexibility index (Phi) is 10.1. The van der Waals surface area contributed by atoms with Crippen LogP contribution >= 0.6 is 0 Å². The number of nitrogens with two attached hydrogens (primary N) is 2. The average Bonchev–Trinajstić information content (AvgIpc) is 3.39. The Labute approximate surface area is 242 Å². The van der Waals surface area contributed by atoms with Crippen LogP contribution in [0.5, 0.6) is 0 Å². The first-order valence-corrected chi connectivity index (χ1v) is 13.7. The quantitative estimate of drug-likeness (QED) is 0.0897. The minimum Gasteiger partial charge on any atom is -0.394 e. The van der Waals surface area contributed by atoms with Crippen LogP contribution in [0.4, 0.5) is 0 Å². The molecule has 10 N–H and O–H groups in total. The monoisotopic (exact) mass is 576 g/mol. The van der Waals surface area contributed by atoms with Crippen LogP contribution < -0.4 is 32.7 Å². The number of carbonyl (C=O) groups excluding carboxylic acids is 4. The molecule has 4 atom stereocenters. The van der Waals surface area contributed by atoms with E-state index in [0.29, 0.717) is 6.42 Å². The van der Waals surface area contributed by atoms with Crippen molar-refractivity contribution in [1.29, 1.82) is 0 Å². The molecule has 4 rings (SSSR count). The molecule has 1 saturated heterocycles. The molecule has 0 unspecified atom stereocenters. The van der Waals surface area contributed by atoms with Crippen molar-refractivity contribution in [3.8, 4) is 0 Å². The van der Waals surface area contributed by atoms with E-state index in [1.807, 2.05) is 54.6 Å². The lowest BCUT2D eigenvalue weighted by Crippen LogP contribution is -2.62. The lowest BCUT2D eigenvalue weighted by molar-refractivity contribution is -0.137. The van der Waals surface area contributed by atoms with Crippen molar-refractivity contribution < 1.29 is 24.3 Å². The third-order valence-corrected chi connectivity index (χ3v) is 7.04. The van der Waals surface area contributed by atoms with E-state index in [-0.39, 0.29) is 31.8 Å². The molecule has 2 heterocycles. The summed E-state index contributed by atoms with van der Waals surface area (Å²) in [5, 5.41) is 21.5. The largest absolute Gasteiger partial charge is 0.394 e. The van der Waals surface area contributed by atoms with E-state index in [0.717, 1.165) is 22.0 Å². The van der Waals surface area contributed by atoms with Gasteiger partial charge in [0, 0.05) is 36.5 Å². The second-order valence-corrected chi connectivity index (χ2v) is 10.1. The number of benzene rings is 2. The molecule has 13 nitrogen and oxygen atoms in total. The molecule has 0 radical (unpaired) electrons. The van der Waals surface area contributed by atoms with Crippen LogP contribution in [-0.4, -0.2) is 77.0 Å². The van der Waals surface area contributed by atoms with Gasteiger partial charge in [0.25, 0.3) is 0 Å². The molecule has 0 bridgehead atoms. The van der Waals surface area contributed by atoms with Crippen LogP contribution in [0.1, 0.15) is 24.0 Å². The number of aromatic amines is 1. The summed E-state index contributed by atoms with van der Waals surface area (Å²) in [6, 6.07) is 12.0. The van der Waals surface area contributed by atoms with Gasteiger partial charge >= 0.3 is 0 Å². The molecule has 42 heavy (non-hydrogen) atoms. The highest BCUT2D eigenvalue weighted by Crippen LogP contribution is 2.19. The Morgan fingerprint density at radius 1 is 0.738 bits per heavy atom. The minimum absolute atomic E-state index is 0.106. The summed E-state index contributed by atoms with van der Waals surface area (Å²) in [5.74, 6) is -2.67. The van der Waals surface area contributed by atoms with Crippen molar-refractivity contribution in [3.05, 3.63) is 71.9 Å². The lowest BCUT2D eigenvalue weighted by atomic mass is 10.0. The zero-order valence-corrected chi connectivity index (χ0v) is 23.0. The maximum Gasteiger partial charge on any atom is 0.245 e. The summed E-state index contributed by atoms with van der Waals surface area (Å²) < 4.78 is 0. The summed E-state index contributed by atoms with van der Waals surface area (Å²) in [6.07, 6.45) is 2.49. The first-order chi connectivity index (χ1) is 20.2. The van der Waals surface area contributed by atoms with Gasteiger partial charge in [-0.2, -0.15) is 0 Å². The number of aliphatic hydroxyl groups is 1. The van der Waals surface area contributed by atoms with Crippen molar-refractivity contribution >= 4 is 40.5 Å². The van der Waals surface area contributed by atoms with Gasteiger partial charge in [0.1, 0.15) is 24.2 Å². The standard InChI is InChI=1S/C29H36N8O5/c30-29(31)32-12-6-11-21-25(39)37-24(16-38)28(42)35-22(13-17-7-2-1-3-8-17)26(40)36-23(27(41)34-21)14-18-15-33-20-10-5-4-9-19(18)20/h1-5,7-10,15,21-24,33,38H,6,11-14,16H2,(H,34,41)(H,35,42)(H,36,40)(H,37,39)(H4,30,31,32)/t21-,22-,23-,24-/m0/s1. The van der Waals surface area contributed by atoms with E-state index in [2.05, 4.69) is 31.2 Å². The molecule has 222 valence electrons. The second kappa shape index (κ2) is 14.1. The number of carbonyl (C=O) groups is 4. The minimum atomic E-state index is -1.35. The van der Waals surface area contributed by atoms with Gasteiger partial charge in [-0.25, -0.2) is 0 Å². The van der Waals surface area contributed by atoms with Crippen LogP contribution in [0.25, 0.3) is 10.9 Å². The fraction of sp³-hybridized carbons (Fsp3) is 0.345. The van der Waals surface area contributed by atoms with Gasteiger partial charge in [0.2, 0.25) is 23.6 Å². The second-order valence-electron chi connectivity index (χ2n) is 10.1. The fourth-order valence-corrected chi connectivity index (χ4v) is 4.84. The third kappa shape index (κ3) is 7.85. The Morgan fingerprint density at radius 3 is 2.00 bits per heavy atom. The van der Waals surface area contributed by atoms with Gasteiger partial charge in [0.05, 0.1) is 6.61 Å². The molecule has 1 aliphatic rings. The number of nitrogens with zero attached hydrogens (tertiary/aromatic N) is 1.